The first-order chi connectivity index (χ1) is 11.1. The third-order valence-corrected chi connectivity index (χ3v) is 3.82. The van der Waals surface area contributed by atoms with Gasteiger partial charge in [-0.3, -0.25) is 4.79 Å². The lowest BCUT2D eigenvalue weighted by Crippen LogP contribution is -2.52. The van der Waals surface area contributed by atoms with Gasteiger partial charge in [-0.2, -0.15) is 5.10 Å². The molecule has 0 radical (unpaired) electrons. The van der Waals surface area contributed by atoms with Crippen molar-refractivity contribution in [3.05, 3.63) is 47.8 Å². The molecule has 23 heavy (non-hydrogen) atoms. The lowest BCUT2D eigenvalue weighted by Gasteiger charge is -2.32. The quantitative estimate of drug-likeness (QED) is 0.917. The zero-order chi connectivity index (χ0) is 16.4. The van der Waals surface area contributed by atoms with Crippen molar-refractivity contribution in [3.8, 4) is 5.69 Å². The van der Waals surface area contributed by atoms with E-state index in [1.807, 2.05) is 30.3 Å². The highest BCUT2D eigenvalue weighted by atomic mass is 16.5. The SMILES string of the molecule is Cc1nn(-c2ccccc2)cc1C(=O)N1CCOC[C@@H]1C(=O)O. The van der Waals surface area contributed by atoms with Gasteiger partial charge in [0, 0.05) is 12.7 Å². The molecule has 7 nitrogen and oxygen atoms in total. The second-order valence-electron chi connectivity index (χ2n) is 5.34. The molecule has 1 aliphatic heterocycles. The predicted molar refractivity (Wildman–Crippen MR) is 81.6 cm³/mol. The number of hydrogen-bond acceptors (Lipinski definition) is 4. The van der Waals surface area contributed by atoms with Crippen LogP contribution in [0, 0.1) is 6.92 Å². The standard InChI is InChI=1S/C16H17N3O4/c1-11-13(9-19(17-11)12-5-3-2-4-6-12)15(20)18-7-8-23-10-14(18)16(21)22/h2-6,9,14H,7-8,10H2,1H3,(H,21,22)/t14-/m1/s1. The number of aromatic nitrogens is 2. The van der Waals surface area contributed by atoms with Gasteiger partial charge >= 0.3 is 5.97 Å². The fraction of sp³-hybridized carbons (Fsp3) is 0.312. The van der Waals surface area contributed by atoms with E-state index in [9.17, 15) is 14.7 Å². The van der Waals surface area contributed by atoms with Crippen molar-refractivity contribution in [1.82, 2.24) is 14.7 Å². The number of benzene rings is 1. The summed E-state index contributed by atoms with van der Waals surface area (Å²) in [5.41, 5.74) is 1.81. The molecule has 1 aromatic carbocycles. The van der Waals surface area contributed by atoms with Gasteiger partial charge in [0.05, 0.1) is 30.2 Å². The van der Waals surface area contributed by atoms with Crippen LogP contribution in [0.25, 0.3) is 5.69 Å². The molecule has 2 heterocycles. The number of carbonyl (C=O) groups is 2. The third-order valence-electron chi connectivity index (χ3n) is 3.82. The lowest BCUT2D eigenvalue weighted by molar-refractivity contribution is -0.147. The number of aryl methyl sites for hydroxylation is 1. The van der Waals surface area contributed by atoms with E-state index in [0.717, 1.165) is 5.69 Å². The maximum atomic E-state index is 12.7. The molecule has 0 spiro atoms. The van der Waals surface area contributed by atoms with Gasteiger partial charge in [0.25, 0.3) is 5.91 Å². The predicted octanol–water partition coefficient (Wildman–Crippen LogP) is 1.11. The summed E-state index contributed by atoms with van der Waals surface area (Å²) in [6, 6.07) is 8.48. The molecule has 1 atom stereocenters. The van der Waals surface area contributed by atoms with E-state index in [-0.39, 0.29) is 19.1 Å². The number of morpholine rings is 1. The van der Waals surface area contributed by atoms with E-state index < -0.39 is 12.0 Å². The number of aliphatic carboxylic acids is 1. The van der Waals surface area contributed by atoms with Crippen LogP contribution in [-0.2, 0) is 9.53 Å². The average molecular weight is 315 g/mol. The highest BCUT2D eigenvalue weighted by Gasteiger charge is 2.34. The van der Waals surface area contributed by atoms with E-state index >= 15 is 0 Å². The van der Waals surface area contributed by atoms with Gasteiger partial charge in [-0.15, -0.1) is 0 Å². The largest absolute Gasteiger partial charge is 0.480 e. The number of rotatable bonds is 3. The first-order valence-corrected chi connectivity index (χ1v) is 7.31. The van der Waals surface area contributed by atoms with Crippen LogP contribution >= 0.6 is 0 Å². The maximum Gasteiger partial charge on any atom is 0.328 e. The van der Waals surface area contributed by atoms with E-state index in [1.165, 1.54) is 4.90 Å². The van der Waals surface area contributed by atoms with Gasteiger partial charge in [0.2, 0.25) is 0 Å². The fourth-order valence-corrected chi connectivity index (χ4v) is 2.59. The van der Waals surface area contributed by atoms with Crippen molar-refractivity contribution in [2.45, 2.75) is 13.0 Å². The Bertz CT molecular complexity index is 726. The van der Waals surface area contributed by atoms with Crippen molar-refractivity contribution >= 4 is 11.9 Å². The molecular weight excluding hydrogens is 298 g/mol. The zero-order valence-electron chi connectivity index (χ0n) is 12.7. The van der Waals surface area contributed by atoms with Crippen LogP contribution in [0.3, 0.4) is 0 Å². The maximum absolute atomic E-state index is 12.7. The molecule has 0 aliphatic carbocycles. The first-order valence-electron chi connectivity index (χ1n) is 7.31. The molecule has 1 N–H and O–H groups in total. The molecule has 0 saturated carbocycles. The Morgan fingerprint density at radius 1 is 1.30 bits per heavy atom. The average Bonchev–Trinajstić information content (AvgIpc) is 2.97. The molecule has 1 saturated heterocycles. The number of ether oxygens (including phenoxy) is 1. The van der Waals surface area contributed by atoms with Gasteiger partial charge in [-0.05, 0) is 19.1 Å². The van der Waals surface area contributed by atoms with Gasteiger partial charge in [0.1, 0.15) is 0 Å². The van der Waals surface area contributed by atoms with Crippen LogP contribution < -0.4 is 0 Å². The minimum atomic E-state index is -1.06. The molecule has 0 bridgehead atoms. The van der Waals surface area contributed by atoms with Crippen molar-refractivity contribution in [2.75, 3.05) is 19.8 Å². The minimum absolute atomic E-state index is 0.00689. The summed E-state index contributed by atoms with van der Waals surface area (Å²) in [5.74, 6) is -1.40. The number of nitrogens with zero attached hydrogens (tertiary/aromatic N) is 3. The Morgan fingerprint density at radius 2 is 2.04 bits per heavy atom. The van der Waals surface area contributed by atoms with Gasteiger partial charge in [-0.1, -0.05) is 18.2 Å². The Kier molecular flexibility index (Phi) is 4.12. The second kappa shape index (κ2) is 6.21. The number of amides is 1. The Labute approximate surface area is 133 Å². The Hall–Kier alpha value is -2.67. The summed E-state index contributed by atoms with van der Waals surface area (Å²) in [6.45, 7) is 2.34. The molecule has 120 valence electrons. The summed E-state index contributed by atoms with van der Waals surface area (Å²) in [5, 5.41) is 13.6. The van der Waals surface area contributed by atoms with Gasteiger partial charge in [-0.25, -0.2) is 9.48 Å². The van der Waals surface area contributed by atoms with Crippen molar-refractivity contribution < 1.29 is 19.4 Å². The summed E-state index contributed by atoms with van der Waals surface area (Å²) >= 11 is 0. The number of carboxylic acid groups (broad SMARTS) is 1. The van der Waals surface area contributed by atoms with Crippen molar-refractivity contribution in [3.63, 3.8) is 0 Å². The zero-order valence-corrected chi connectivity index (χ0v) is 12.7. The molecule has 1 fully saturated rings. The highest BCUT2D eigenvalue weighted by molar-refractivity contribution is 5.97. The van der Waals surface area contributed by atoms with Crippen LogP contribution in [0.4, 0.5) is 0 Å². The topological polar surface area (TPSA) is 84.7 Å². The normalized spacial score (nSPS) is 18.0. The minimum Gasteiger partial charge on any atom is -0.480 e. The van der Waals surface area contributed by atoms with E-state index in [1.54, 1.807) is 17.8 Å². The molecule has 0 unspecified atom stereocenters. The molecular formula is C16H17N3O4. The molecule has 3 rings (SSSR count). The smallest absolute Gasteiger partial charge is 0.328 e. The number of hydrogen-bond donors (Lipinski definition) is 1. The molecule has 1 amide bonds. The summed E-state index contributed by atoms with van der Waals surface area (Å²) < 4.78 is 6.79. The van der Waals surface area contributed by atoms with Crippen LogP contribution in [0.5, 0.6) is 0 Å². The summed E-state index contributed by atoms with van der Waals surface area (Å²) in [4.78, 5) is 25.4. The number of para-hydroxylation sites is 1. The number of carbonyl (C=O) groups excluding carboxylic acids is 1. The monoisotopic (exact) mass is 315 g/mol. The van der Waals surface area contributed by atoms with Crippen molar-refractivity contribution in [2.24, 2.45) is 0 Å². The number of carboxylic acids is 1. The highest BCUT2D eigenvalue weighted by Crippen LogP contribution is 2.17. The van der Waals surface area contributed by atoms with Crippen molar-refractivity contribution in [1.29, 1.82) is 0 Å². The molecule has 7 heteroatoms. The fourth-order valence-electron chi connectivity index (χ4n) is 2.59. The molecule has 2 aromatic rings. The van der Waals surface area contributed by atoms with Crippen LogP contribution in [-0.4, -0.2) is 57.5 Å². The van der Waals surface area contributed by atoms with E-state index in [4.69, 9.17) is 4.74 Å². The Morgan fingerprint density at radius 3 is 2.74 bits per heavy atom. The van der Waals surface area contributed by atoms with Gasteiger partial charge in [0.15, 0.2) is 6.04 Å². The van der Waals surface area contributed by atoms with Crippen LogP contribution in [0.2, 0.25) is 0 Å². The molecule has 1 aliphatic rings. The van der Waals surface area contributed by atoms with Gasteiger partial charge < -0.3 is 14.7 Å². The second-order valence-corrected chi connectivity index (χ2v) is 5.34. The molecule has 1 aromatic heterocycles. The third kappa shape index (κ3) is 2.95. The lowest BCUT2D eigenvalue weighted by atomic mass is 10.1. The van der Waals surface area contributed by atoms with E-state index in [0.29, 0.717) is 17.9 Å². The summed E-state index contributed by atoms with van der Waals surface area (Å²) in [6.07, 6.45) is 1.64. The summed E-state index contributed by atoms with van der Waals surface area (Å²) in [7, 11) is 0. The van der Waals surface area contributed by atoms with Crippen LogP contribution in [0.1, 0.15) is 16.1 Å². The van der Waals surface area contributed by atoms with E-state index in [2.05, 4.69) is 5.10 Å². The van der Waals surface area contributed by atoms with Crippen LogP contribution in [0.15, 0.2) is 36.5 Å². The first kappa shape index (κ1) is 15.2. The Balaban J connectivity index is 1.90.